The lowest BCUT2D eigenvalue weighted by Gasteiger charge is -2.13. The number of hydroxylamine groups is 1. The molecule has 118 valence electrons. The summed E-state index contributed by atoms with van der Waals surface area (Å²) in [7, 11) is 3.89. The van der Waals surface area contributed by atoms with Gasteiger partial charge in [0, 0.05) is 37.3 Å². The lowest BCUT2D eigenvalue weighted by molar-refractivity contribution is -0.124. The summed E-state index contributed by atoms with van der Waals surface area (Å²) >= 11 is 0. The van der Waals surface area contributed by atoms with Gasteiger partial charge in [0.1, 0.15) is 0 Å². The van der Waals surface area contributed by atoms with E-state index in [0.29, 0.717) is 5.56 Å². The molecule has 0 fully saturated rings. The zero-order chi connectivity index (χ0) is 16.7. The van der Waals surface area contributed by atoms with Gasteiger partial charge in [0.25, 0.3) is 5.91 Å². The molecule has 1 amide bonds. The maximum Gasteiger partial charge on any atom is 0.267 e. The average Bonchev–Trinajstić information content (AvgIpc) is 2.51. The highest BCUT2D eigenvalue weighted by atomic mass is 16.5. The molecule has 0 aliphatic rings. The number of ketones is 1. The van der Waals surface area contributed by atoms with Crippen LogP contribution in [-0.4, -0.2) is 31.0 Å². The Labute approximate surface area is 130 Å². The molecular weight excluding hydrogens is 280 g/mol. The molecule has 1 atom stereocenters. The van der Waals surface area contributed by atoms with Gasteiger partial charge in [-0.3, -0.25) is 14.8 Å². The molecule has 0 aliphatic carbocycles. The minimum atomic E-state index is -0.606. The average molecular weight is 302 g/mol. The van der Waals surface area contributed by atoms with Gasteiger partial charge in [-0.05, 0) is 31.2 Å². The minimum Gasteiger partial charge on any atom is -0.378 e. The van der Waals surface area contributed by atoms with Gasteiger partial charge in [-0.2, -0.15) is 0 Å². The fourth-order valence-corrected chi connectivity index (χ4v) is 1.96. The van der Waals surface area contributed by atoms with Crippen LogP contribution in [-0.2, 0) is 4.79 Å². The third kappa shape index (κ3) is 5.18. The van der Waals surface area contributed by atoms with Crippen molar-refractivity contribution >= 4 is 17.4 Å². The van der Waals surface area contributed by atoms with Crippen molar-refractivity contribution in [3.63, 3.8) is 0 Å². The summed E-state index contributed by atoms with van der Waals surface area (Å²) in [6.07, 6.45) is 4.53. The first-order valence-electron chi connectivity index (χ1n) is 6.97. The molecule has 0 heterocycles. The maximum atomic E-state index is 12.4. The van der Waals surface area contributed by atoms with Crippen molar-refractivity contribution < 1.29 is 14.8 Å². The van der Waals surface area contributed by atoms with Crippen LogP contribution in [0.2, 0.25) is 0 Å². The van der Waals surface area contributed by atoms with Crippen molar-refractivity contribution in [2.75, 3.05) is 19.0 Å². The molecule has 0 spiro atoms. The largest absolute Gasteiger partial charge is 0.378 e. The monoisotopic (exact) mass is 302 g/mol. The van der Waals surface area contributed by atoms with E-state index in [9.17, 15) is 9.59 Å². The van der Waals surface area contributed by atoms with E-state index in [2.05, 4.69) is 0 Å². The Kier molecular flexibility index (Phi) is 6.53. The second-order valence-corrected chi connectivity index (χ2v) is 5.31. The van der Waals surface area contributed by atoms with Crippen LogP contribution in [0.5, 0.6) is 0 Å². The van der Waals surface area contributed by atoms with Crippen molar-refractivity contribution in [1.29, 1.82) is 0 Å². The van der Waals surface area contributed by atoms with Gasteiger partial charge in [-0.1, -0.05) is 24.6 Å². The van der Waals surface area contributed by atoms with Crippen molar-refractivity contribution in [2.24, 2.45) is 5.92 Å². The second kappa shape index (κ2) is 8.14. The Hall–Kier alpha value is -2.40. The third-order valence-electron chi connectivity index (χ3n) is 3.20. The van der Waals surface area contributed by atoms with E-state index >= 15 is 0 Å². The van der Waals surface area contributed by atoms with Gasteiger partial charge in [0.15, 0.2) is 5.78 Å². The minimum absolute atomic E-state index is 0.0182. The lowest BCUT2D eigenvalue weighted by atomic mass is 9.97. The number of carbonyl (C=O) groups excluding carboxylic acids is 2. The van der Waals surface area contributed by atoms with Crippen LogP contribution < -0.4 is 10.4 Å². The topological polar surface area (TPSA) is 69.6 Å². The molecular formula is C17H22N2O3. The number of rotatable bonds is 6. The van der Waals surface area contributed by atoms with E-state index in [0.717, 1.165) is 11.3 Å². The number of Topliss-reactive ketones (excluding diaryl/α,β-unsaturated/α-hetero) is 1. The first-order valence-corrected chi connectivity index (χ1v) is 6.97. The number of nitrogens with zero attached hydrogens (tertiary/aromatic N) is 1. The fourth-order valence-electron chi connectivity index (χ4n) is 1.96. The normalized spacial score (nSPS) is 13.0. The predicted molar refractivity (Wildman–Crippen MR) is 87.1 cm³/mol. The summed E-state index contributed by atoms with van der Waals surface area (Å²) in [5.41, 5.74) is 3.97. The zero-order valence-corrected chi connectivity index (χ0v) is 13.3. The summed E-state index contributed by atoms with van der Waals surface area (Å²) in [5.74, 6) is -0.886. The molecule has 5 heteroatoms. The quantitative estimate of drug-likeness (QED) is 0.279. The fraction of sp³-hybridized carbons (Fsp3) is 0.294. The molecule has 1 aromatic rings. The van der Waals surface area contributed by atoms with Gasteiger partial charge in [0.2, 0.25) is 0 Å². The van der Waals surface area contributed by atoms with E-state index in [1.807, 2.05) is 50.2 Å². The number of hydrogen-bond donors (Lipinski definition) is 2. The Morgan fingerprint density at radius 1 is 1.18 bits per heavy atom. The van der Waals surface area contributed by atoms with Crippen LogP contribution in [0.4, 0.5) is 5.69 Å². The summed E-state index contributed by atoms with van der Waals surface area (Å²) in [6.45, 7) is 3.60. The van der Waals surface area contributed by atoms with Crippen LogP contribution in [0.25, 0.3) is 0 Å². The zero-order valence-electron chi connectivity index (χ0n) is 13.3. The highest BCUT2D eigenvalue weighted by Gasteiger charge is 2.13. The molecule has 0 saturated heterocycles. The Balaban J connectivity index is 2.79. The Morgan fingerprint density at radius 3 is 2.27 bits per heavy atom. The number of hydrogen-bond acceptors (Lipinski definition) is 4. The van der Waals surface area contributed by atoms with Gasteiger partial charge >= 0.3 is 0 Å². The highest BCUT2D eigenvalue weighted by Crippen LogP contribution is 2.17. The molecule has 0 radical (unpaired) electrons. The number of carbonyl (C=O) groups is 2. The number of nitrogens with one attached hydrogen (secondary N) is 1. The number of allylic oxidation sites excluding steroid dienone is 3. The van der Waals surface area contributed by atoms with E-state index in [-0.39, 0.29) is 11.7 Å². The molecule has 22 heavy (non-hydrogen) atoms. The Morgan fingerprint density at radius 2 is 1.77 bits per heavy atom. The molecule has 0 aliphatic heterocycles. The first kappa shape index (κ1) is 17.7. The molecule has 0 unspecified atom stereocenters. The third-order valence-corrected chi connectivity index (χ3v) is 3.20. The number of benzene rings is 1. The van der Waals surface area contributed by atoms with E-state index in [1.54, 1.807) is 19.1 Å². The van der Waals surface area contributed by atoms with E-state index in [1.165, 1.54) is 11.6 Å². The molecule has 5 nitrogen and oxygen atoms in total. The van der Waals surface area contributed by atoms with Crippen molar-refractivity contribution in [1.82, 2.24) is 5.48 Å². The van der Waals surface area contributed by atoms with Gasteiger partial charge in [-0.25, -0.2) is 5.48 Å². The number of amides is 1. The van der Waals surface area contributed by atoms with Crippen molar-refractivity contribution in [3.05, 3.63) is 53.6 Å². The smallest absolute Gasteiger partial charge is 0.267 e. The van der Waals surface area contributed by atoms with Crippen LogP contribution in [0.1, 0.15) is 24.2 Å². The molecule has 0 aromatic heterocycles. The van der Waals surface area contributed by atoms with Crippen molar-refractivity contribution in [3.8, 4) is 0 Å². The van der Waals surface area contributed by atoms with Crippen LogP contribution in [0.15, 0.2) is 48.1 Å². The first-order chi connectivity index (χ1) is 10.3. The highest BCUT2D eigenvalue weighted by molar-refractivity contribution is 5.99. The SMILES string of the molecule is CC(=C/[C@@H](C)C(=O)c1ccc(N(C)C)cc1)/C=C/C(=O)NO. The van der Waals surface area contributed by atoms with Crippen LogP contribution in [0, 0.1) is 5.92 Å². The number of anilines is 1. The van der Waals surface area contributed by atoms with Gasteiger partial charge in [0.05, 0.1) is 0 Å². The standard InChI is InChI=1S/C17H22N2O3/c1-12(5-10-16(20)18-22)11-13(2)17(21)14-6-8-15(9-7-14)19(3)4/h5-11,13,22H,1-4H3,(H,18,20)/b10-5+,12-11-/t13-/m1/s1. The summed E-state index contributed by atoms with van der Waals surface area (Å²) in [5, 5.41) is 8.40. The maximum absolute atomic E-state index is 12.4. The predicted octanol–water partition coefficient (Wildman–Crippen LogP) is 2.58. The Bertz CT molecular complexity index is 586. The van der Waals surface area contributed by atoms with Gasteiger partial charge in [-0.15, -0.1) is 0 Å². The van der Waals surface area contributed by atoms with Crippen molar-refractivity contribution in [2.45, 2.75) is 13.8 Å². The molecule has 2 N–H and O–H groups in total. The van der Waals surface area contributed by atoms with E-state index < -0.39 is 5.91 Å². The molecule has 0 bridgehead atoms. The summed E-state index contributed by atoms with van der Waals surface area (Å²) in [6, 6.07) is 7.43. The lowest BCUT2D eigenvalue weighted by Crippen LogP contribution is -2.15. The van der Waals surface area contributed by atoms with Crippen LogP contribution in [0.3, 0.4) is 0 Å². The second-order valence-electron chi connectivity index (χ2n) is 5.31. The molecule has 1 aromatic carbocycles. The van der Waals surface area contributed by atoms with Gasteiger partial charge < -0.3 is 4.90 Å². The summed E-state index contributed by atoms with van der Waals surface area (Å²) in [4.78, 5) is 25.2. The molecule has 1 rings (SSSR count). The van der Waals surface area contributed by atoms with E-state index in [4.69, 9.17) is 5.21 Å². The molecule has 0 saturated carbocycles. The summed E-state index contributed by atoms with van der Waals surface area (Å²) < 4.78 is 0. The van der Waals surface area contributed by atoms with Crippen LogP contribution >= 0.6 is 0 Å².